The minimum Gasteiger partial charge on any atom is -0.394 e. The molecule has 4 rings (SSSR count). The minimum atomic E-state index is -4.40. The van der Waals surface area contributed by atoms with E-state index in [9.17, 15) is 23.1 Å². The molecule has 0 radical (unpaired) electrons. The quantitative estimate of drug-likeness (QED) is 0.426. The predicted octanol–water partition coefficient (Wildman–Crippen LogP) is 5.86. The normalized spacial score (nSPS) is 19.3. The van der Waals surface area contributed by atoms with Crippen LogP contribution in [-0.4, -0.2) is 59.7 Å². The van der Waals surface area contributed by atoms with Crippen molar-refractivity contribution >= 4 is 5.91 Å². The molecule has 3 atom stereocenters. The second-order valence-electron chi connectivity index (χ2n) is 10.4. The van der Waals surface area contributed by atoms with Gasteiger partial charge in [0.05, 0.1) is 30.9 Å². The van der Waals surface area contributed by atoms with Gasteiger partial charge in [-0.25, -0.2) is 0 Å². The first kappa shape index (κ1) is 28.8. The number of rotatable bonds is 6. The molecule has 1 aliphatic heterocycles. The molecule has 208 valence electrons. The van der Waals surface area contributed by atoms with Crippen molar-refractivity contribution in [2.75, 3.05) is 26.7 Å². The van der Waals surface area contributed by atoms with Gasteiger partial charge < -0.3 is 14.7 Å². The number of likely N-dealkylation sites (N-methyl/N-ethyl adjacent to an activating group) is 1. The van der Waals surface area contributed by atoms with Crippen LogP contribution >= 0.6 is 0 Å². The molecule has 1 amide bonds. The molecule has 0 aromatic heterocycles. The van der Waals surface area contributed by atoms with Crippen molar-refractivity contribution in [3.63, 3.8) is 0 Å². The van der Waals surface area contributed by atoms with Crippen molar-refractivity contribution < 1.29 is 27.8 Å². The highest BCUT2D eigenvalue weighted by Gasteiger charge is 2.32. The number of aliphatic hydroxyl groups excluding tert-OH is 1. The number of carbonyl (C=O) groups is 1. The Hall–Kier alpha value is -3.20. The van der Waals surface area contributed by atoms with Gasteiger partial charge in [0.2, 0.25) is 0 Å². The Balaban J connectivity index is 1.64. The third kappa shape index (κ3) is 6.87. The molecule has 0 aliphatic carbocycles. The number of carbonyl (C=O) groups excluding carboxylic acids is 1. The van der Waals surface area contributed by atoms with Gasteiger partial charge in [-0.15, -0.1) is 0 Å². The minimum absolute atomic E-state index is 0.121. The summed E-state index contributed by atoms with van der Waals surface area (Å²) in [5.74, 6) is -0.281. The molecule has 0 bridgehead atoms. The van der Waals surface area contributed by atoms with Crippen LogP contribution in [0.3, 0.4) is 0 Å². The summed E-state index contributed by atoms with van der Waals surface area (Å²) in [6.07, 6.45) is -4.72. The summed E-state index contributed by atoms with van der Waals surface area (Å²) in [7, 11) is 1.85. The highest BCUT2D eigenvalue weighted by Crippen LogP contribution is 2.32. The third-order valence-electron chi connectivity index (χ3n) is 7.29. The fraction of sp³-hybridized carbons (Fsp3) is 0.387. The Labute approximate surface area is 227 Å². The summed E-state index contributed by atoms with van der Waals surface area (Å²) < 4.78 is 46.1. The van der Waals surface area contributed by atoms with Gasteiger partial charge in [0.15, 0.2) is 0 Å². The molecule has 0 unspecified atom stereocenters. The lowest BCUT2D eigenvalue weighted by atomic mass is 9.94. The van der Waals surface area contributed by atoms with Gasteiger partial charge in [-0.3, -0.25) is 9.69 Å². The van der Waals surface area contributed by atoms with E-state index in [1.165, 1.54) is 12.1 Å². The SMILES string of the molecule is C[C@@H]1CN([C@@H](C)CO)C(=O)c2ccccc2-c2ccccc2CO[C@@H]1CN(C)Cc1cccc(C(F)(F)F)c1. The lowest BCUT2D eigenvalue weighted by Crippen LogP contribution is -2.47. The molecule has 1 heterocycles. The molecule has 8 heteroatoms. The maximum absolute atomic E-state index is 13.9. The maximum Gasteiger partial charge on any atom is 0.416 e. The number of aliphatic hydroxyl groups is 1. The molecule has 0 saturated heterocycles. The van der Waals surface area contributed by atoms with Gasteiger partial charge in [0.25, 0.3) is 5.91 Å². The maximum atomic E-state index is 13.9. The summed E-state index contributed by atoms with van der Waals surface area (Å²) in [6, 6.07) is 20.2. The van der Waals surface area contributed by atoms with Crippen LogP contribution < -0.4 is 0 Å². The topological polar surface area (TPSA) is 53.0 Å². The number of hydrogen-bond acceptors (Lipinski definition) is 4. The molecule has 1 N–H and O–H groups in total. The van der Waals surface area contributed by atoms with E-state index in [-0.39, 0.29) is 24.5 Å². The van der Waals surface area contributed by atoms with Crippen LogP contribution in [0.2, 0.25) is 0 Å². The number of nitrogens with zero attached hydrogens (tertiary/aromatic N) is 2. The van der Waals surface area contributed by atoms with Crippen molar-refractivity contribution in [2.45, 2.75) is 45.3 Å². The molecule has 0 fully saturated rings. The van der Waals surface area contributed by atoms with Crippen LogP contribution in [0.15, 0.2) is 72.8 Å². The van der Waals surface area contributed by atoms with E-state index >= 15 is 0 Å². The number of halogens is 3. The smallest absolute Gasteiger partial charge is 0.394 e. The van der Waals surface area contributed by atoms with E-state index in [4.69, 9.17) is 4.74 Å². The van der Waals surface area contributed by atoms with Gasteiger partial charge >= 0.3 is 6.18 Å². The predicted molar refractivity (Wildman–Crippen MR) is 145 cm³/mol. The van der Waals surface area contributed by atoms with Gasteiger partial charge in [0, 0.05) is 31.1 Å². The van der Waals surface area contributed by atoms with Gasteiger partial charge in [-0.1, -0.05) is 67.6 Å². The second-order valence-corrected chi connectivity index (χ2v) is 10.4. The fourth-order valence-electron chi connectivity index (χ4n) is 5.08. The van der Waals surface area contributed by atoms with Crippen LogP contribution in [0.5, 0.6) is 0 Å². The van der Waals surface area contributed by atoms with Crippen molar-refractivity contribution in [2.24, 2.45) is 5.92 Å². The van der Waals surface area contributed by atoms with Gasteiger partial charge in [-0.05, 0) is 48.4 Å². The summed E-state index contributed by atoms with van der Waals surface area (Å²) in [5.41, 5.74) is 3.12. The van der Waals surface area contributed by atoms with Crippen LogP contribution in [-0.2, 0) is 24.1 Å². The highest BCUT2D eigenvalue weighted by atomic mass is 19.4. The van der Waals surface area contributed by atoms with E-state index in [1.54, 1.807) is 11.0 Å². The van der Waals surface area contributed by atoms with E-state index in [1.807, 2.05) is 74.3 Å². The zero-order valence-electron chi connectivity index (χ0n) is 22.5. The molecule has 1 aliphatic rings. The van der Waals surface area contributed by atoms with Crippen LogP contribution in [0.25, 0.3) is 11.1 Å². The Kier molecular flexibility index (Phi) is 9.10. The monoisotopic (exact) mass is 540 g/mol. The number of ether oxygens (including phenoxy) is 1. The molecule has 0 saturated carbocycles. The van der Waals surface area contributed by atoms with E-state index in [0.717, 1.165) is 22.8 Å². The number of benzene rings is 3. The lowest BCUT2D eigenvalue weighted by molar-refractivity contribution is -0.137. The second kappa shape index (κ2) is 12.3. The van der Waals surface area contributed by atoms with E-state index in [0.29, 0.717) is 37.4 Å². The van der Waals surface area contributed by atoms with E-state index < -0.39 is 17.8 Å². The molecule has 3 aromatic rings. The van der Waals surface area contributed by atoms with Crippen LogP contribution in [0.4, 0.5) is 13.2 Å². The first-order chi connectivity index (χ1) is 18.6. The summed E-state index contributed by atoms with van der Waals surface area (Å²) in [6.45, 7) is 5.07. The van der Waals surface area contributed by atoms with Crippen molar-refractivity contribution in [1.82, 2.24) is 9.80 Å². The van der Waals surface area contributed by atoms with Crippen molar-refractivity contribution in [3.8, 4) is 11.1 Å². The summed E-state index contributed by atoms with van der Waals surface area (Å²) in [4.78, 5) is 17.5. The van der Waals surface area contributed by atoms with Crippen LogP contribution in [0.1, 0.15) is 40.9 Å². The zero-order valence-corrected chi connectivity index (χ0v) is 22.5. The number of alkyl halides is 3. The molecular formula is C31H35F3N2O3. The molecular weight excluding hydrogens is 505 g/mol. The van der Waals surface area contributed by atoms with Crippen molar-refractivity contribution in [3.05, 3.63) is 95.1 Å². The third-order valence-corrected chi connectivity index (χ3v) is 7.29. The van der Waals surface area contributed by atoms with E-state index in [2.05, 4.69) is 0 Å². The molecule has 3 aromatic carbocycles. The standard InChI is InChI=1S/C31H35F3N2O3/c1-21-16-36(22(2)19-37)30(38)28-14-7-6-13-27(28)26-12-5-4-10-24(26)20-39-29(21)18-35(3)17-23-9-8-11-25(15-23)31(32,33)34/h4-15,21-22,29,37H,16-20H2,1-3H3/t21-,22+,29-/m1/s1. The first-order valence-corrected chi connectivity index (χ1v) is 13.1. The Bertz CT molecular complexity index is 1280. The average Bonchev–Trinajstić information content (AvgIpc) is 2.94. The largest absolute Gasteiger partial charge is 0.416 e. The Morgan fingerprint density at radius 2 is 1.69 bits per heavy atom. The number of fused-ring (bicyclic) bond motifs is 3. The number of amides is 1. The Morgan fingerprint density at radius 1 is 1.03 bits per heavy atom. The first-order valence-electron chi connectivity index (χ1n) is 13.1. The van der Waals surface area contributed by atoms with Crippen LogP contribution in [0, 0.1) is 5.92 Å². The number of hydrogen-bond donors (Lipinski definition) is 1. The molecule has 5 nitrogen and oxygen atoms in total. The van der Waals surface area contributed by atoms with Gasteiger partial charge in [0.1, 0.15) is 0 Å². The summed E-state index contributed by atoms with van der Waals surface area (Å²) in [5, 5.41) is 9.98. The summed E-state index contributed by atoms with van der Waals surface area (Å²) >= 11 is 0. The van der Waals surface area contributed by atoms with Crippen molar-refractivity contribution in [1.29, 1.82) is 0 Å². The molecule has 39 heavy (non-hydrogen) atoms. The lowest BCUT2D eigenvalue weighted by Gasteiger charge is -2.35. The fourth-order valence-corrected chi connectivity index (χ4v) is 5.08. The highest BCUT2D eigenvalue weighted by molar-refractivity contribution is 6.01. The average molecular weight is 541 g/mol. The van der Waals surface area contributed by atoms with Gasteiger partial charge in [-0.2, -0.15) is 13.2 Å². The molecule has 0 spiro atoms. The Morgan fingerprint density at radius 3 is 2.38 bits per heavy atom. The zero-order chi connectivity index (χ0) is 28.2.